The van der Waals surface area contributed by atoms with Gasteiger partial charge in [0.05, 0.1) is 24.3 Å². The van der Waals surface area contributed by atoms with Gasteiger partial charge in [-0.15, -0.1) is 0 Å². The molecule has 6 nitrogen and oxygen atoms in total. The normalized spacial score (nSPS) is 16.1. The minimum atomic E-state index is -4.52. The Balaban J connectivity index is 1.79. The fourth-order valence-electron chi connectivity index (χ4n) is 2.86. The molecule has 0 saturated carbocycles. The molecule has 0 atom stereocenters. The lowest BCUT2D eigenvalue weighted by Crippen LogP contribution is -2.51. The van der Waals surface area contributed by atoms with Crippen LogP contribution in [0.2, 0.25) is 0 Å². The third kappa shape index (κ3) is 6.84. The van der Waals surface area contributed by atoms with Crippen molar-refractivity contribution in [2.45, 2.75) is 19.5 Å². The van der Waals surface area contributed by atoms with Gasteiger partial charge in [0.15, 0.2) is 0 Å². The molecule has 2 N–H and O–H groups in total. The molecule has 150 valence electrons. The van der Waals surface area contributed by atoms with Crippen LogP contribution in [-0.2, 0) is 15.8 Å². The molecule has 0 radical (unpaired) electrons. The number of nitrogens with one attached hydrogen (secondary N) is 2. The number of piperazine rings is 1. The lowest BCUT2D eigenvalue weighted by molar-refractivity contribution is -0.137. The van der Waals surface area contributed by atoms with E-state index >= 15 is 0 Å². The van der Waals surface area contributed by atoms with E-state index in [0.717, 1.165) is 12.5 Å². The molecule has 0 aromatic heterocycles. The SMILES string of the molecule is CCCNC(=O)CN1CCN(CC(=O)Nc2ccccc2C(F)(F)F)CC1. The quantitative estimate of drug-likeness (QED) is 0.750. The molecule has 1 aromatic rings. The van der Waals surface area contributed by atoms with Gasteiger partial charge in [-0.3, -0.25) is 19.4 Å². The average molecular weight is 386 g/mol. The Morgan fingerprint density at radius 1 is 1.00 bits per heavy atom. The number of para-hydroxylation sites is 1. The summed E-state index contributed by atoms with van der Waals surface area (Å²) in [4.78, 5) is 27.7. The van der Waals surface area contributed by atoms with E-state index in [1.165, 1.54) is 18.2 Å². The summed E-state index contributed by atoms with van der Waals surface area (Å²) >= 11 is 0. The minimum absolute atomic E-state index is 0.0159. The summed E-state index contributed by atoms with van der Waals surface area (Å²) in [5.41, 5.74) is -1.09. The molecule has 1 aliphatic rings. The van der Waals surface area contributed by atoms with Crippen molar-refractivity contribution in [3.05, 3.63) is 29.8 Å². The first-order chi connectivity index (χ1) is 12.8. The molecule has 2 rings (SSSR count). The van der Waals surface area contributed by atoms with Gasteiger partial charge in [-0.25, -0.2) is 0 Å². The van der Waals surface area contributed by atoms with Crippen molar-refractivity contribution in [3.63, 3.8) is 0 Å². The highest BCUT2D eigenvalue weighted by Crippen LogP contribution is 2.34. The zero-order chi connectivity index (χ0) is 19.9. The molecule has 9 heteroatoms. The van der Waals surface area contributed by atoms with E-state index in [9.17, 15) is 22.8 Å². The number of hydrogen-bond donors (Lipinski definition) is 2. The van der Waals surface area contributed by atoms with Crippen LogP contribution in [0, 0.1) is 0 Å². The molecule has 1 heterocycles. The second kappa shape index (κ2) is 9.70. The van der Waals surface area contributed by atoms with E-state index in [2.05, 4.69) is 10.6 Å². The number of hydrogen-bond acceptors (Lipinski definition) is 4. The summed E-state index contributed by atoms with van der Waals surface area (Å²) in [6, 6.07) is 4.92. The van der Waals surface area contributed by atoms with Crippen molar-refractivity contribution >= 4 is 17.5 Å². The predicted molar refractivity (Wildman–Crippen MR) is 96.3 cm³/mol. The zero-order valence-electron chi connectivity index (χ0n) is 15.3. The standard InChI is InChI=1S/C18H25F3N4O2/c1-2-7-22-16(26)12-24-8-10-25(11-9-24)13-17(27)23-15-6-4-3-5-14(15)18(19,20)21/h3-6H,2,7-13H2,1H3,(H,22,26)(H,23,27). The third-order valence-electron chi connectivity index (χ3n) is 4.28. The summed E-state index contributed by atoms with van der Waals surface area (Å²) < 4.78 is 38.9. The average Bonchev–Trinajstić information content (AvgIpc) is 2.61. The Kier molecular flexibility index (Phi) is 7.61. The van der Waals surface area contributed by atoms with Gasteiger partial charge >= 0.3 is 6.18 Å². The molecular weight excluding hydrogens is 361 g/mol. The predicted octanol–water partition coefficient (Wildman–Crippen LogP) is 1.79. The first-order valence-electron chi connectivity index (χ1n) is 8.97. The van der Waals surface area contributed by atoms with E-state index in [0.29, 0.717) is 39.3 Å². The number of benzene rings is 1. The molecular formula is C18H25F3N4O2. The third-order valence-corrected chi connectivity index (χ3v) is 4.28. The van der Waals surface area contributed by atoms with E-state index in [1.807, 2.05) is 16.7 Å². The van der Waals surface area contributed by atoms with Crippen LogP contribution in [-0.4, -0.2) is 67.4 Å². The fourth-order valence-corrected chi connectivity index (χ4v) is 2.86. The van der Waals surface area contributed by atoms with Crippen LogP contribution in [0.5, 0.6) is 0 Å². The van der Waals surface area contributed by atoms with E-state index < -0.39 is 17.6 Å². The van der Waals surface area contributed by atoms with Crippen LogP contribution in [0.4, 0.5) is 18.9 Å². The lowest BCUT2D eigenvalue weighted by Gasteiger charge is -2.33. The largest absolute Gasteiger partial charge is 0.418 e. The summed E-state index contributed by atoms with van der Waals surface area (Å²) in [6.07, 6.45) is -3.64. The molecule has 0 unspecified atom stereocenters. The molecule has 1 fully saturated rings. The second-order valence-electron chi connectivity index (χ2n) is 6.49. The van der Waals surface area contributed by atoms with Crippen LogP contribution in [0.15, 0.2) is 24.3 Å². The molecule has 2 amide bonds. The maximum absolute atomic E-state index is 13.0. The van der Waals surface area contributed by atoms with Crippen molar-refractivity contribution in [3.8, 4) is 0 Å². The van der Waals surface area contributed by atoms with Crippen LogP contribution in [0.25, 0.3) is 0 Å². The lowest BCUT2D eigenvalue weighted by atomic mass is 10.1. The van der Waals surface area contributed by atoms with E-state index in [-0.39, 0.29) is 18.1 Å². The Hall–Kier alpha value is -2.13. The number of anilines is 1. The summed E-state index contributed by atoms with van der Waals surface area (Å²) in [5, 5.41) is 5.17. The van der Waals surface area contributed by atoms with E-state index in [4.69, 9.17) is 0 Å². The van der Waals surface area contributed by atoms with Crippen LogP contribution >= 0.6 is 0 Å². The first-order valence-corrected chi connectivity index (χ1v) is 8.97. The molecule has 0 aliphatic carbocycles. The summed E-state index contributed by atoms with van der Waals surface area (Å²) in [6.45, 7) is 5.39. The van der Waals surface area contributed by atoms with Crippen LogP contribution < -0.4 is 10.6 Å². The number of halogens is 3. The molecule has 1 aliphatic heterocycles. The van der Waals surface area contributed by atoms with Crippen molar-refractivity contribution in [2.24, 2.45) is 0 Å². The second-order valence-corrected chi connectivity index (χ2v) is 6.49. The minimum Gasteiger partial charge on any atom is -0.355 e. The van der Waals surface area contributed by atoms with Gasteiger partial charge in [-0.05, 0) is 18.6 Å². The zero-order valence-corrected chi connectivity index (χ0v) is 15.3. The van der Waals surface area contributed by atoms with Crippen LogP contribution in [0.3, 0.4) is 0 Å². The molecule has 0 bridgehead atoms. The van der Waals surface area contributed by atoms with E-state index in [1.54, 1.807) is 0 Å². The smallest absolute Gasteiger partial charge is 0.355 e. The summed E-state index contributed by atoms with van der Waals surface area (Å²) in [7, 11) is 0. The van der Waals surface area contributed by atoms with Gasteiger partial charge < -0.3 is 10.6 Å². The maximum atomic E-state index is 13.0. The monoisotopic (exact) mass is 386 g/mol. The Bertz CT molecular complexity index is 644. The van der Waals surface area contributed by atoms with Gasteiger partial charge in [0.1, 0.15) is 0 Å². The summed E-state index contributed by atoms with van der Waals surface area (Å²) in [5.74, 6) is -0.507. The molecule has 0 spiro atoms. The maximum Gasteiger partial charge on any atom is 0.418 e. The number of amides is 2. The number of carbonyl (C=O) groups is 2. The highest BCUT2D eigenvalue weighted by molar-refractivity contribution is 5.93. The Labute approximate surface area is 156 Å². The van der Waals surface area contributed by atoms with Gasteiger partial charge in [0.2, 0.25) is 11.8 Å². The highest BCUT2D eigenvalue weighted by Gasteiger charge is 2.33. The Morgan fingerprint density at radius 2 is 1.56 bits per heavy atom. The first kappa shape index (κ1) is 21.2. The Morgan fingerprint density at radius 3 is 2.11 bits per heavy atom. The number of rotatable bonds is 7. The van der Waals surface area contributed by atoms with Crippen molar-refractivity contribution in [1.29, 1.82) is 0 Å². The molecule has 1 saturated heterocycles. The van der Waals surface area contributed by atoms with Crippen molar-refractivity contribution < 1.29 is 22.8 Å². The number of alkyl halides is 3. The van der Waals surface area contributed by atoms with Crippen molar-refractivity contribution in [1.82, 2.24) is 15.1 Å². The van der Waals surface area contributed by atoms with Crippen LogP contribution in [0.1, 0.15) is 18.9 Å². The number of nitrogens with zero attached hydrogens (tertiary/aromatic N) is 2. The van der Waals surface area contributed by atoms with Gasteiger partial charge in [-0.1, -0.05) is 19.1 Å². The number of carbonyl (C=O) groups excluding carboxylic acids is 2. The highest BCUT2D eigenvalue weighted by atomic mass is 19.4. The van der Waals surface area contributed by atoms with Gasteiger partial charge in [0.25, 0.3) is 0 Å². The fraction of sp³-hybridized carbons (Fsp3) is 0.556. The molecule has 27 heavy (non-hydrogen) atoms. The molecule has 1 aromatic carbocycles. The van der Waals surface area contributed by atoms with Gasteiger partial charge in [0, 0.05) is 32.7 Å². The van der Waals surface area contributed by atoms with Gasteiger partial charge in [-0.2, -0.15) is 13.2 Å². The van der Waals surface area contributed by atoms with Crippen molar-refractivity contribution in [2.75, 3.05) is 51.1 Å². The topological polar surface area (TPSA) is 64.7 Å².